The fourth-order valence-corrected chi connectivity index (χ4v) is 3.60. The lowest BCUT2D eigenvalue weighted by Gasteiger charge is -2.15. The van der Waals surface area contributed by atoms with Crippen molar-refractivity contribution in [2.45, 2.75) is 17.9 Å². The molecule has 4 nitrogen and oxygen atoms in total. The molecule has 0 radical (unpaired) electrons. The van der Waals surface area contributed by atoms with Crippen LogP contribution in [0.5, 0.6) is 0 Å². The number of halogens is 2. The molecule has 21 heavy (non-hydrogen) atoms. The van der Waals surface area contributed by atoms with Crippen LogP contribution < -0.4 is 10.5 Å². The van der Waals surface area contributed by atoms with Gasteiger partial charge in [-0.15, -0.1) is 0 Å². The predicted octanol–water partition coefficient (Wildman–Crippen LogP) is 3.21. The highest BCUT2D eigenvalue weighted by Gasteiger charge is 2.20. The van der Waals surface area contributed by atoms with Crippen LogP contribution in [0, 0.1) is 5.82 Å². The summed E-state index contributed by atoms with van der Waals surface area (Å²) >= 11 is 3.23. The Morgan fingerprint density at radius 3 is 2.38 bits per heavy atom. The van der Waals surface area contributed by atoms with E-state index in [2.05, 4.69) is 20.7 Å². The SMILES string of the molecule is CC(NS(=O)(=O)c1ccc(Br)cc1N)c1ccc(F)cc1. The summed E-state index contributed by atoms with van der Waals surface area (Å²) < 4.78 is 40.8. The highest BCUT2D eigenvalue weighted by Crippen LogP contribution is 2.24. The average molecular weight is 373 g/mol. The Morgan fingerprint density at radius 2 is 1.81 bits per heavy atom. The molecule has 0 saturated carbocycles. The number of nitrogens with one attached hydrogen (secondary N) is 1. The van der Waals surface area contributed by atoms with Gasteiger partial charge in [-0.1, -0.05) is 28.1 Å². The van der Waals surface area contributed by atoms with Gasteiger partial charge in [0, 0.05) is 10.5 Å². The Hall–Kier alpha value is -1.44. The molecule has 112 valence electrons. The minimum Gasteiger partial charge on any atom is -0.398 e. The molecule has 0 saturated heterocycles. The summed E-state index contributed by atoms with van der Waals surface area (Å²) in [6.07, 6.45) is 0. The highest BCUT2D eigenvalue weighted by atomic mass is 79.9. The standard InChI is InChI=1S/C14H14BrFN2O2S/c1-9(10-2-5-12(16)6-3-10)18-21(19,20)14-7-4-11(15)8-13(14)17/h2-9,18H,17H2,1H3. The van der Waals surface area contributed by atoms with E-state index >= 15 is 0 Å². The van der Waals surface area contributed by atoms with Crippen molar-refractivity contribution in [2.24, 2.45) is 0 Å². The largest absolute Gasteiger partial charge is 0.398 e. The van der Waals surface area contributed by atoms with Crippen molar-refractivity contribution in [2.75, 3.05) is 5.73 Å². The molecule has 2 rings (SSSR count). The first kappa shape index (κ1) is 15.9. The molecule has 0 spiro atoms. The van der Waals surface area contributed by atoms with E-state index in [1.165, 1.54) is 36.4 Å². The highest BCUT2D eigenvalue weighted by molar-refractivity contribution is 9.10. The number of benzene rings is 2. The maximum Gasteiger partial charge on any atom is 0.243 e. The third-order valence-electron chi connectivity index (χ3n) is 2.96. The fraction of sp³-hybridized carbons (Fsp3) is 0.143. The Balaban J connectivity index is 2.26. The Morgan fingerprint density at radius 1 is 1.19 bits per heavy atom. The summed E-state index contributed by atoms with van der Waals surface area (Å²) in [6.45, 7) is 1.68. The van der Waals surface area contributed by atoms with Gasteiger partial charge in [0.1, 0.15) is 10.7 Å². The molecule has 2 aromatic rings. The number of anilines is 1. The lowest BCUT2D eigenvalue weighted by Crippen LogP contribution is -2.27. The summed E-state index contributed by atoms with van der Waals surface area (Å²) in [5, 5.41) is 0. The van der Waals surface area contributed by atoms with Crippen LogP contribution in [-0.4, -0.2) is 8.42 Å². The molecule has 0 aliphatic rings. The van der Waals surface area contributed by atoms with Crippen molar-refractivity contribution in [3.63, 3.8) is 0 Å². The first-order valence-corrected chi connectivity index (χ1v) is 8.40. The lowest BCUT2D eigenvalue weighted by molar-refractivity contribution is 0.567. The normalized spacial score (nSPS) is 13.1. The van der Waals surface area contributed by atoms with E-state index in [4.69, 9.17) is 5.73 Å². The zero-order valence-corrected chi connectivity index (χ0v) is 13.6. The van der Waals surface area contributed by atoms with Crippen molar-refractivity contribution < 1.29 is 12.8 Å². The minimum atomic E-state index is -3.75. The predicted molar refractivity (Wildman–Crippen MR) is 83.7 cm³/mol. The summed E-state index contributed by atoms with van der Waals surface area (Å²) in [6, 6.07) is 9.70. The maximum atomic E-state index is 12.9. The molecule has 0 heterocycles. The van der Waals surface area contributed by atoms with Crippen LogP contribution in [0.25, 0.3) is 0 Å². The zero-order valence-electron chi connectivity index (χ0n) is 11.2. The first-order chi connectivity index (χ1) is 9.79. The molecular formula is C14H14BrFN2O2S. The van der Waals surface area contributed by atoms with E-state index in [9.17, 15) is 12.8 Å². The van der Waals surface area contributed by atoms with Gasteiger partial charge in [-0.25, -0.2) is 17.5 Å². The number of nitrogen functional groups attached to an aromatic ring is 1. The lowest BCUT2D eigenvalue weighted by atomic mass is 10.1. The molecule has 1 atom stereocenters. The molecule has 0 amide bonds. The van der Waals surface area contributed by atoms with Gasteiger partial charge in [0.25, 0.3) is 0 Å². The number of rotatable bonds is 4. The minimum absolute atomic E-state index is 0.0136. The van der Waals surface area contributed by atoms with Crippen LogP contribution in [-0.2, 0) is 10.0 Å². The molecule has 3 N–H and O–H groups in total. The van der Waals surface area contributed by atoms with Crippen LogP contribution in [0.15, 0.2) is 51.8 Å². The maximum absolute atomic E-state index is 12.9. The molecular weight excluding hydrogens is 359 g/mol. The van der Waals surface area contributed by atoms with Crippen LogP contribution in [0.3, 0.4) is 0 Å². The van der Waals surface area contributed by atoms with E-state index in [0.717, 1.165) is 0 Å². The van der Waals surface area contributed by atoms with Crippen molar-refractivity contribution in [3.05, 3.63) is 58.3 Å². The number of hydrogen-bond donors (Lipinski definition) is 2. The topological polar surface area (TPSA) is 72.2 Å². The second-order valence-electron chi connectivity index (χ2n) is 4.58. The monoisotopic (exact) mass is 372 g/mol. The average Bonchev–Trinajstić information content (AvgIpc) is 2.38. The molecule has 7 heteroatoms. The van der Waals surface area contributed by atoms with Crippen LogP contribution in [0.2, 0.25) is 0 Å². The van der Waals surface area contributed by atoms with Crippen molar-refractivity contribution in [1.29, 1.82) is 0 Å². The molecule has 0 bridgehead atoms. The number of hydrogen-bond acceptors (Lipinski definition) is 3. The summed E-state index contributed by atoms with van der Waals surface area (Å²) in [5.74, 6) is -0.369. The Labute approximate surface area is 131 Å². The molecule has 0 aliphatic heterocycles. The second-order valence-corrected chi connectivity index (χ2v) is 7.17. The number of sulfonamides is 1. The third kappa shape index (κ3) is 3.81. The van der Waals surface area contributed by atoms with Gasteiger partial charge in [-0.05, 0) is 42.8 Å². The summed E-state index contributed by atoms with van der Waals surface area (Å²) in [5.41, 5.74) is 6.56. The first-order valence-electron chi connectivity index (χ1n) is 6.12. The van der Waals surface area contributed by atoms with Gasteiger partial charge >= 0.3 is 0 Å². The molecule has 0 aliphatic carbocycles. The van der Waals surface area contributed by atoms with E-state index < -0.39 is 16.1 Å². The summed E-state index contributed by atoms with van der Waals surface area (Å²) in [4.78, 5) is 0.0136. The third-order valence-corrected chi connectivity index (χ3v) is 5.07. The molecule has 2 aromatic carbocycles. The van der Waals surface area contributed by atoms with Gasteiger partial charge < -0.3 is 5.73 Å². The van der Waals surface area contributed by atoms with Gasteiger partial charge in [-0.3, -0.25) is 0 Å². The van der Waals surface area contributed by atoms with Gasteiger partial charge in [-0.2, -0.15) is 0 Å². The van der Waals surface area contributed by atoms with E-state index in [1.54, 1.807) is 13.0 Å². The van der Waals surface area contributed by atoms with Crippen molar-refractivity contribution >= 4 is 31.6 Å². The fourth-order valence-electron chi connectivity index (χ4n) is 1.88. The Kier molecular flexibility index (Phi) is 4.65. The second kappa shape index (κ2) is 6.13. The van der Waals surface area contributed by atoms with Gasteiger partial charge in [0.15, 0.2) is 0 Å². The summed E-state index contributed by atoms with van der Waals surface area (Å²) in [7, 11) is -3.75. The molecule has 0 fully saturated rings. The van der Waals surface area contributed by atoms with Crippen LogP contribution in [0.4, 0.5) is 10.1 Å². The molecule has 0 aromatic heterocycles. The molecule has 1 unspecified atom stereocenters. The Bertz CT molecular complexity index is 748. The van der Waals surface area contributed by atoms with Crippen molar-refractivity contribution in [1.82, 2.24) is 4.72 Å². The van der Waals surface area contributed by atoms with Crippen LogP contribution >= 0.6 is 15.9 Å². The van der Waals surface area contributed by atoms with Crippen molar-refractivity contribution in [3.8, 4) is 0 Å². The van der Waals surface area contributed by atoms with E-state index in [1.807, 2.05) is 0 Å². The number of nitrogens with two attached hydrogens (primary N) is 1. The quantitative estimate of drug-likeness (QED) is 0.809. The van der Waals surface area contributed by atoms with Crippen LogP contribution in [0.1, 0.15) is 18.5 Å². The van der Waals surface area contributed by atoms with E-state index in [0.29, 0.717) is 10.0 Å². The zero-order chi connectivity index (χ0) is 15.6. The van der Waals surface area contributed by atoms with Gasteiger partial charge in [0.2, 0.25) is 10.0 Å². The smallest absolute Gasteiger partial charge is 0.243 e. The van der Waals surface area contributed by atoms with E-state index in [-0.39, 0.29) is 16.4 Å². The van der Waals surface area contributed by atoms with Gasteiger partial charge in [0.05, 0.1) is 5.69 Å².